The number of carbonyl (C=O) groups is 2. The molecule has 0 saturated carbocycles. The Morgan fingerprint density at radius 1 is 1.39 bits per heavy atom. The molecule has 0 aliphatic carbocycles. The maximum Gasteiger partial charge on any atom is 0.254 e. The minimum atomic E-state index is -0.346. The molecule has 18 heavy (non-hydrogen) atoms. The van der Waals surface area contributed by atoms with Crippen LogP contribution < -0.4 is 5.32 Å². The second-order valence-corrected chi connectivity index (χ2v) is 3.96. The molecule has 2 amide bonds. The molecular formula is C13H17FN2O2. The van der Waals surface area contributed by atoms with Gasteiger partial charge in [-0.1, -0.05) is 0 Å². The molecule has 0 fully saturated rings. The monoisotopic (exact) mass is 252 g/mol. The third-order valence-corrected chi connectivity index (χ3v) is 2.69. The zero-order valence-electron chi connectivity index (χ0n) is 10.8. The van der Waals surface area contributed by atoms with E-state index >= 15 is 0 Å². The first-order chi connectivity index (χ1) is 8.49. The summed E-state index contributed by atoms with van der Waals surface area (Å²) in [5.74, 6) is -0.853. The fourth-order valence-corrected chi connectivity index (χ4v) is 1.54. The summed E-state index contributed by atoms with van der Waals surface area (Å²) >= 11 is 0. The Bertz CT molecular complexity index is 460. The number of rotatable bonds is 4. The van der Waals surface area contributed by atoms with E-state index in [9.17, 15) is 14.0 Å². The molecule has 0 radical (unpaired) electrons. The highest BCUT2D eigenvalue weighted by atomic mass is 19.1. The van der Waals surface area contributed by atoms with Crippen molar-refractivity contribution in [2.45, 2.75) is 13.8 Å². The van der Waals surface area contributed by atoms with Gasteiger partial charge in [-0.25, -0.2) is 4.39 Å². The third-order valence-electron chi connectivity index (χ3n) is 2.69. The summed E-state index contributed by atoms with van der Waals surface area (Å²) < 4.78 is 13.1. The number of aryl methyl sites for hydroxylation is 1. The van der Waals surface area contributed by atoms with Crippen molar-refractivity contribution in [3.63, 3.8) is 0 Å². The second kappa shape index (κ2) is 6.14. The Hall–Kier alpha value is -1.91. The fraction of sp³-hybridized carbons (Fsp3) is 0.385. The van der Waals surface area contributed by atoms with Crippen molar-refractivity contribution >= 4 is 11.8 Å². The molecule has 4 nitrogen and oxygen atoms in total. The normalized spacial score (nSPS) is 10.0. The van der Waals surface area contributed by atoms with E-state index in [2.05, 4.69) is 5.32 Å². The van der Waals surface area contributed by atoms with Gasteiger partial charge in [-0.15, -0.1) is 0 Å². The van der Waals surface area contributed by atoms with Gasteiger partial charge in [-0.3, -0.25) is 9.59 Å². The standard InChI is InChI=1S/C13H17FN2O2/c1-4-16(8-12(17)15-3)13(18)10-5-6-11(14)9(2)7-10/h5-7H,4,8H2,1-3H3,(H,15,17). The highest BCUT2D eigenvalue weighted by Gasteiger charge is 2.17. The van der Waals surface area contributed by atoms with Gasteiger partial charge in [0.1, 0.15) is 5.82 Å². The van der Waals surface area contributed by atoms with Crippen LogP contribution in [0.2, 0.25) is 0 Å². The molecule has 0 heterocycles. The Morgan fingerprint density at radius 3 is 2.56 bits per heavy atom. The molecule has 1 N–H and O–H groups in total. The van der Waals surface area contributed by atoms with E-state index in [4.69, 9.17) is 0 Å². The molecule has 0 bridgehead atoms. The van der Waals surface area contributed by atoms with Crippen LogP contribution in [-0.4, -0.2) is 36.9 Å². The maximum atomic E-state index is 13.1. The topological polar surface area (TPSA) is 49.4 Å². The minimum Gasteiger partial charge on any atom is -0.358 e. The molecule has 0 aliphatic heterocycles. The number of nitrogens with one attached hydrogen (secondary N) is 1. The fourth-order valence-electron chi connectivity index (χ4n) is 1.54. The molecule has 0 unspecified atom stereocenters. The van der Waals surface area contributed by atoms with Crippen molar-refractivity contribution in [1.82, 2.24) is 10.2 Å². The van der Waals surface area contributed by atoms with Gasteiger partial charge in [0, 0.05) is 19.2 Å². The van der Waals surface area contributed by atoms with Crippen LogP contribution in [-0.2, 0) is 4.79 Å². The molecular weight excluding hydrogens is 235 g/mol. The van der Waals surface area contributed by atoms with E-state index in [-0.39, 0.29) is 24.2 Å². The average molecular weight is 252 g/mol. The van der Waals surface area contributed by atoms with Gasteiger partial charge in [0.05, 0.1) is 6.54 Å². The third kappa shape index (κ3) is 3.29. The Kier molecular flexibility index (Phi) is 4.83. The van der Waals surface area contributed by atoms with Gasteiger partial charge in [-0.05, 0) is 37.6 Å². The number of hydrogen-bond acceptors (Lipinski definition) is 2. The molecule has 1 rings (SSSR count). The van der Waals surface area contributed by atoms with Gasteiger partial charge < -0.3 is 10.2 Å². The molecule has 1 aromatic carbocycles. The van der Waals surface area contributed by atoms with Crippen LogP contribution in [0.3, 0.4) is 0 Å². The molecule has 98 valence electrons. The molecule has 5 heteroatoms. The lowest BCUT2D eigenvalue weighted by Crippen LogP contribution is -2.39. The number of carbonyl (C=O) groups excluding carboxylic acids is 2. The molecule has 0 aliphatic rings. The highest BCUT2D eigenvalue weighted by molar-refractivity contribution is 5.96. The Labute approximate surface area is 106 Å². The van der Waals surface area contributed by atoms with Crippen LogP contribution in [0.4, 0.5) is 4.39 Å². The SMILES string of the molecule is CCN(CC(=O)NC)C(=O)c1ccc(F)c(C)c1. The van der Waals surface area contributed by atoms with Crippen molar-refractivity contribution in [2.24, 2.45) is 0 Å². The average Bonchev–Trinajstić information content (AvgIpc) is 2.38. The first-order valence-corrected chi connectivity index (χ1v) is 5.75. The van der Waals surface area contributed by atoms with Gasteiger partial charge in [0.25, 0.3) is 5.91 Å². The lowest BCUT2D eigenvalue weighted by atomic mass is 10.1. The zero-order valence-corrected chi connectivity index (χ0v) is 10.8. The van der Waals surface area contributed by atoms with E-state index in [1.165, 1.54) is 30.1 Å². The van der Waals surface area contributed by atoms with Crippen LogP contribution in [0, 0.1) is 12.7 Å². The molecule has 1 aromatic rings. The second-order valence-electron chi connectivity index (χ2n) is 3.96. The van der Waals surface area contributed by atoms with Gasteiger partial charge in [-0.2, -0.15) is 0 Å². The number of likely N-dealkylation sites (N-methyl/N-ethyl adjacent to an activating group) is 2. The lowest BCUT2D eigenvalue weighted by Gasteiger charge is -2.20. The van der Waals surface area contributed by atoms with Crippen molar-refractivity contribution in [3.8, 4) is 0 Å². The predicted molar refractivity (Wildman–Crippen MR) is 66.8 cm³/mol. The van der Waals surface area contributed by atoms with Crippen LogP contribution in [0.15, 0.2) is 18.2 Å². The van der Waals surface area contributed by atoms with Gasteiger partial charge in [0.15, 0.2) is 0 Å². The van der Waals surface area contributed by atoms with Crippen molar-refractivity contribution in [2.75, 3.05) is 20.1 Å². The quantitative estimate of drug-likeness (QED) is 0.879. The first kappa shape index (κ1) is 14.2. The summed E-state index contributed by atoms with van der Waals surface area (Å²) in [4.78, 5) is 24.8. The summed E-state index contributed by atoms with van der Waals surface area (Å²) in [6, 6.07) is 4.18. The summed E-state index contributed by atoms with van der Waals surface area (Å²) in [6.45, 7) is 3.81. The Balaban J connectivity index is 2.89. The summed E-state index contributed by atoms with van der Waals surface area (Å²) in [7, 11) is 1.52. The highest BCUT2D eigenvalue weighted by Crippen LogP contribution is 2.11. The van der Waals surface area contributed by atoms with Gasteiger partial charge >= 0.3 is 0 Å². The lowest BCUT2D eigenvalue weighted by molar-refractivity contribution is -0.121. The number of hydrogen-bond donors (Lipinski definition) is 1. The minimum absolute atomic E-state index is 0.00224. The van der Waals surface area contributed by atoms with E-state index < -0.39 is 0 Å². The van der Waals surface area contributed by atoms with Crippen LogP contribution >= 0.6 is 0 Å². The number of halogens is 1. The first-order valence-electron chi connectivity index (χ1n) is 5.75. The summed E-state index contributed by atoms with van der Waals surface area (Å²) in [5, 5.41) is 2.46. The zero-order chi connectivity index (χ0) is 13.7. The van der Waals surface area contributed by atoms with E-state index in [0.717, 1.165) is 0 Å². The van der Waals surface area contributed by atoms with Crippen LogP contribution in [0.5, 0.6) is 0 Å². The largest absolute Gasteiger partial charge is 0.358 e. The number of benzene rings is 1. The van der Waals surface area contributed by atoms with E-state index in [1.54, 1.807) is 13.8 Å². The number of nitrogens with zero attached hydrogens (tertiary/aromatic N) is 1. The molecule has 0 spiro atoms. The van der Waals surface area contributed by atoms with Crippen molar-refractivity contribution in [3.05, 3.63) is 35.1 Å². The number of amides is 2. The Morgan fingerprint density at radius 2 is 2.06 bits per heavy atom. The molecule has 0 atom stereocenters. The summed E-state index contributed by atoms with van der Waals surface area (Å²) in [5.41, 5.74) is 0.802. The van der Waals surface area contributed by atoms with Crippen molar-refractivity contribution < 1.29 is 14.0 Å². The summed E-state index contributed by atoms with van der Waals surface area (Å²) in [6.07, 6.45) is 0. The van der Waals surface area contributed by atoms with E-state index in [0.29, 0.717) is 17.7 Å². The van der Waals surface area contributed by atoms with Crippen molar-refractivity contribution in [1.29, 1.82) is 0 Å². The van der Waals surface area contributed by atoms with Crippen LogP contribution in [0.1, 0.15) is 22.8 Å². The van der Waals surface area contributed by atoms with Gasteiger partial charge in [0.2, 0.25) is 5.91 Å². The smallest absolute Gasteiger partial charge is 0.254 e. The maximum absolute atomic E-state index is 13.1. The molecule has 0 aromatic heterocycles. The van der Waals surface area contributed by atoms with E-state index in [1.807, 2.05) is 0 Å². The van der Waals surface area contributed by atoms with Crippen LogP contribution in [0.25, 0.3) is 0 Å². The molecule has 0 saturated heterocycles. The predicted octanol–water partition coefficient (Wildman–Crippen LogP) is 1.34.